The van der Waals surface area contributed by atoms with Crippen LogP contribution >= 0.6 is 15.9 Å². The maximum atomic E-state index is 11.0. The standard InChI is InChI=1S/C9H17BrO2/c1-3-5-6-9(4-2,7-10)8(11)12/h3-7H2,1-2H3,(H,11,12)/t9-/m0/s1. The third kappa shape index (κ3) is 2.77. The number of halogens is 1. The fourth-order valence-corrected chi connectivity index (χ4v) is 2.09. The molecule has 0 saturated heterocycles. The van der Waals surface area contributed by atoms with E-state index in [-0.39, 0.29) is 0 Å². The van der Waals surface area contributed by atoms with Crippen LogP contribution in [0.5, 0.6) is 0 Å². The van der Waals surface area contributed by atoms with Gasteiger partial charge in [0, 0.05) is 5.33 Å². The zero-order chi connectivity index (χ0) is 9.61. The van der Waals surface area contributed by atoms with Crippen LogP contribution < -0.4 is 0 Å². The lowest BCUT2D eigenvalue weighted by atomic mass is 9.82. The van der Waals surface area contributed by atoms with E-state index in [0.717, 1.165) is 19.3 Å². The fraction of sp³-hybridized carbons (Fsp3) is 0.889. The molecule has 0 aliphatic rings. The molecular formula is C9H17BrO2. The number of alkyl halides is 1. The average molecular weight is 237 g/mol. The van der Waals surface area contributed by atoms with Gasteiger partial charge in [-0.25, -0.2) is 0 Å². The average Bonchev–Trinajstić information content (AvgIpc) is 2.07. The largest absolute Gasteiger partial charge is 0.481 e. The number of carbonyl (C=O) groups is 1. The minimum absolute atomic E-state index is 0.532. The first-order chi connectivity index (χ1) is 5.63. The van der Waals surface area contributed by atoms with Gasteiger partial charge in [0.15, 0.2) is 0 Å². The SMILES string of the molecule is CCCC[C@@](CC)(CBr)C(=O)O. The summed E-state index contributed by atoms with van der Waals surface area (Å²) in [5.41, 5.74) is -0.532. The molecule has 0 aromatic heterocycles. The highest BCUT2D eigenvalue weighted by atomic mass is 79.9. The van der Waals surface area contributed by atoms with E-state index in [9.17, 15) is 4.79 Å². The van der Waals surface area contributed by atoms with Gasteiger partial charge >= 0.3 is 5.97 Å². The molecule has 1 N–H and O–H groups in total. The fourth-order valence-electron chi connectivity index (χ4n) is 1.17. The van der Waals surface area contributed by atoms with Crippen LogP contribution in [0.2, 0.25) is 0 Å². The van der Waals surface area contributed by atoms with Crippen molar-refractivity contribution < 1.29 is 9.90 Å². The third-order valence-electron chi connectivity index (χ3n) is 2.40. The molecule has 0 heterocycles. The lowest BCUT2D eigenvalue weighted by Gasteiger charge is -2.25. The summed E-state index contributed by atoms with van der Waals surface area (Å²) in [6.45, 7) is 4.02. The monoisotopic (exact) mass is 236 g/mol. The normalized spacial score (nSPS) is 15.6. The molecule has 0 unspecified atom stereocenters. The quantitative estimate of drug-likeness (QED) is 0.721. The lowest BCUT2D eigenvalue weighted by molar-refractivity contribution is -0.148. The Labute approximate surface area is 82.5 Å². The van der Waals surface area contributed by atoms with Crippen molar-refractivity contribution >= 4 is 21.9 Å². The van der Waals surface area contributed by atoms with Gasteiger partial charge in [-0.05, 0) is 12.8 Å². The van der Waals surface area contributed by atoms with E-state index < -0.39 is 11.4 Å². The molecule has 72 valence electrons. The highest BCUT2D eigenvalue weighted by Gasteiger charge is 2.34. The zero-order valence-corrected chi connectivity index (χ0v) is 9.35. The van der Waals surface area contributed by atoms with Crippen molar-refractivity contribution in [3.05, 3.63) is 0 Å². The van der Waals surface area contributed by atoms with Crippen LogP contribution in [0.1, 0.15) is 39.5 Å². The van der Waals surface area contributed by atoms with Crippen LogP contribution in [0.4, 0.5) is 0 Å². The van der Waals surface area contributed by atoms with E-state index in [1.807, 2.05) is 6.92 Å². The molecule has 0 aromatic carbocycles. The second kappa shape index (κ2) is 5.57. The van der Waals surface area contributed by atoms with E-state index in [1.165, 1.54) is 0 Å². The van der Waals surface area contributed by atoms with Gasteiger partial charge in [-0.1, -0.05) is 42.6 Å². The van der Waals surface area contributed by atoms with Gasteiger partial charge in [0.25, 0.3) is 0 Å². The van der Waals surface area contributed by atoms with Gasteiger partial charge in [0.1, 0.15) is 0 Å². The number of aliphatic carboxylic acids is 1. The molecule has 0 aliphatic heterocycles. The van der Waals surface area contributed by atoms with Crippen LogP contribution in [-0.2, 0) is 4.79 Å². The van der Waals surface area contributed by atoms with E-state index in [0.29, 0.717) is 11.8 Å². The molecule has 0 aliphatic carbocycles. The third-order valence-corrected chi connectivity index (χ3v) is 3.47. The molecule has 0 radical (unpaired) electrons. The summed E-state index contributed by atoms with van der Waals surface area (Å²) in [4.78, 5) is 11.0. The predicted molar refractivity (Wildman–Crippen MR) is 53.7 cm³/mol. The Balaban J connectivity index is 4.25. The number of hydrogen-bond donors (Lipinski definition) is 1. The summed E-state index contributed by atoms with van der Waals surface area (Å²) in [6, 6.07) is 0. The maximum Gasteiger partial charge on any atom is 0.310 e. The molecule has 0 fully saturated rings. The minimum Gasteiger partial charge on any atom is -0.481 e. The highest BCUT2D eigenvalue weighted by molar-refractivity contribution is 9.09. The van der Waals surface area contributed by atoms with Gasteiger partial charge in [-0.15, -0.1) is 0 Å². The van der Waals surface area contributed by atoms with Crippen molar-refractivity contribution in [2.45, 2.75) is 39.5 Å². The maximum absolute atomic E-state index is 11.0. The Kier molecular flexibility index (Phi) is 5.55. The molecule has 12 heavy (non-hydrogen) atoms. The van der Waals surface area contributed by atoms with Gasteiger partial charge < -0.3 is 5.11 Å². The molecule has 3 heteroatoms. The van der Waals surface area contributed by atoms with Crippen molar-refractivity contribution in [3.63, 3.8) is 0 Å². The molecule has 0 amide bonds. The van der Waals surface area contributed by atoms with Gasteiger partial charge in [0.05, 0.1) is 5.41 Å². The zero-order valence-electron chi connectivity index (χ0n) is 7.77. The molecule has 2 nitrogen and oxygen atoms in total. The first-order valence-corrected chi connectivity index (χ1v) is 5.54. The smallest absolute Gasteiger partial charge is 0.310 e. The van der Waals surface area contributed by atoms with Crippen LogP contribution in [0.15, 0.2) is 0 Å². The first-order valence-electron chi connectivity index (χ1n) is 4.42. The Bertz CT molecular complexity index is 141. The van der Waals surface area contributed by atoms with E-state index in [4.69, 9.17) is 5.11 Å². The predicted octanol–water partition coefficient (Wildman–Crippen LogP) is 3.05. The summed E-state index contributed by atoms with van der Waals surface area (Å²) in [7, 11) is 0. The molecule has 1 atom stereocenters. The topological polar surface area (TPSA) is 37.3 Å². The molecule has 0 aromatic rings. The van der Waals surface area contributed by atoms with Gasteiger partial charge in [-0.3, -0.25) is 4.79 Å². The van der Waals surface area contributed by atoms with Crippen molar-refractivity contribution in [2.24, 2.45) is 5.41 Å². The van der Waals surface area contributed by atoms with E-state index >= 15 is 0 Å². The number of carboxylic acids is 1. The van der Waals surface area contributed by atoms with Crippen molar-refractivity contribution in [2.75, 3.05) is 5.33 Å². The van der Waals surface area contributed by atoms with E-state index in [2.05, 4.69) is 22.9 Å². The second-order valence-electron chi connectivity index (χ2n) is 3.18. The highest BCUT2D eigenvalue weighted by Crippen LogP contribution is 2.31. The van der Waals surface area contributed by atoms with Crippen molar-refractivity contribution in [1.82, 2.24) is 0 Å². The molecule has 0 saturated carbocycles. The number of rotatable bonds is 6. The minimum atomic E-state index is -0.671. The number of hydrogen-bond acceptors (Lipinski definition) is 1. The summed E-state index contributed by atoms with van der Waals surface area (Å²) in [5.74, 6) is -0.671. The summed E-state index contributed by atoms with van der Waals surface area (Å²) in [5, 5.41) is 9.58. The van der Waals surface area contributed by atoms with Crippen LogP contribution in [0, 0.1) is 5.41 Å². The number of carboxylic acid groups (broad SMARTS) is 1. The molecule has 0 rings (SSSR count). The first kappa shape index (κ1) is 11.9. The van der Waals surface area contributed by atoms with Crippen LogP contribution in [-0.4, -0.2) is 16.4 Å². The van der Waals surface area contributed by atoms with Crippen molar-refractivity contribution in [1.29, 1.82) is 0 Å². The van der Waals surface area contributed by atoms with Gasteiger partial charge in [-0.2, -0.15) is 0 Å². The number of unbranched alkanes of at least 4 members (excludes halogenated alkanes) is 1. The summed E-state index contributed by atoms with van der Waals surface area (Å²) < 4.78 is 0. The molecule has 0 spiro atoms. The van der Waals surface area contributed by atoms with Crippen LogP contribution in [0.25, 0.3) is 0 Å². The van der Waals surface area contributed by atoms with E-state index in [1.54, 1.807) is 0 Å². The Morgan fingerprint density at radius 2 is 2.08 bits per heavy atom. The Morgan fingerprint density at radius 1 is 1.50 bits per heavy atom. The Morgan fingerprint density at radius 3 is 2.33 bits per heavy atom. The van der Waals surface area contributed by atoms with Crippen LogP contribution in [0.3, 0.4) is 0 Å². The summed E-state index contributed by atoms with van der Waals surface area (Å²) >= 11 is 3.28. The molecule has 0 bridgehead atoms. The second-order valence-corrected chi connectivity index (χ2v) is 3.74. The summed E-state index contributed by atoms with van der Waals surface area (Å²) in [6.07, 6.45) is 3.53. The lowest BCUT2D eigenvalue weighted by Crippen LogP contribution is -2.32. The Hall–Kier alpha value is -0.0500. The van der Waals surface area contributed by atoms with Gasteiger partial charge in [0.2, 0.25) is 0 Å². The van der Waals surface area contributed by atoms with Crippen molar-refractivity contribution in [3.8, 4) is 0 Å². The molecular weight excluding hydrogens is 220 g/mol.